The van der Waals surface area contributed by atoms with Gasteiger partial charge in [0.1, 0.15) is 11.8 Å². The number of carbonyl (C=O) groups excluding carboxylic acids is 2. The molecule has 2 aliphatic rings. The molecule has 0 radical (unpaired) electrons. The van der Waals surface area contributed by atoms with Crippen LogP contribution < -0.4 is 25.9 Å². The number of hydrazine groups is 1. The molecule has 1 atom stereocenters. The Hall–Kier alpha value is -4.31. The number of urea groups is 1. The number of fused-ring (bicyclic) bond motifs is 1. The van der Waals surface area contributed by atoms with Crippen molar-refractivity contribution in [2.45, 2.75) is 12.6 Å². The van der Waals surface area contributed by atoms with Gasteiger partial charge in [0, 0.05) is 38.0 Å². The summed E-state index contributed by atoms with van der Waals surface area (Å²) < 4.78 is 42.3. The summed E-state index contributed by atoms with van der Waals surface area (Å²) in [6, 6.07) is 7.27. The van der Waals surface area contributed by atoms with Gasteiger partial charge in [-0.25, -0.2) is 23.8 Å². The molecule has 5 rings (SSSR count). The molecular weight excluding hydrogens is 548 g/mol. The molecule has 0 spiro atoms. The van der Waals surface area contributed by atoms with Crippen LogP contribution >= 0.6 is 12.2 Å². The van der Waals surface area contributed by atoms with Crippen LogP contribution in [0.4, 0.5) is 29.7 Å². The minimum absolute atomic E-state index is 0.0375. The molecule has 0 aliphatic carbocycles. The Morgan fingerprint density at radius 1 is 1.20 bits per heavy atom. The maximum atomic E-state index is 15.2. The molecule has 0 unspecified atom stereocenters. The third-order valence-electron chi connectivity index (χ3n) is 6.47. The Morgan fingerprint density at radius 2 is 2.00 bits per heavy atom. The number of aromatic nitrogens is 3. The maximum absolute atomic E-state index is 15.2. The first kappa shape index (κ1) is 27.3. The number of benzene rings is 1. The molecule has 2 saturated heterocycles. The first-order chi connectivity index (χ1) is 19.3. The highest BCUT2D eigenvalue weighted by Gasteiger charge is 2.34. The quantitative estimate of drug-likeness (QED) is 0.371. The van der Waals surface area contributed by atoms with Crippen LogP contribution in [0.2, 0.25) is 0 Å². The van der Waals surface area contributed by atoms with Crippen molar-refractivity contribution in [2.24, 2.45) is 0 Å². The summed E-state index contributed by atoms with van der Waals surface area (Å²) in [6.45, 7) is 1.25. The fourth-order valence-corrected chi connectivity index (χ4v) is 4.59. The molecule has 3 amide bonds. The van der Waals surface area contributed by atoms with Gasteiger partial charge in [-0.3, -0.25) is 14.3 Å². The second kappa shape index (κ2) is 11.8. The number of pyridine rings is 1. The molecule has 2 fully saturated rings. The lowest BCUT2D eigenvalue weighted by atomic mass is 10.2. The standard InChI is InChI=1S/C24H27F2N9O4S/c1-38-23(40)28-12-16-14-34(24(37)39-16)15-10-17(25)21(18(26)11-15)32-7-5-29-35(9-8-32)22(36)27-13-20-31-30-19-4-2-3-6-33(19)20/h2-4,6,10-11,16,29H,5,7-9,12-14H2,1H3,(H,27,36)(H,28,40)/t16-/m0/s1. The molecule has 3 N–H and O–H groups in total. The summed E-state index contributed by atoms with van der Waals surface area (Å²) in [7, 11) is 1.41. The van der Waals surface area contributed by atoms with Gasteiger partial charge >= 0.3 is 12.1 Å². The summed E-state index contributed by atoms with van der Waals surface area (Å²) in [5.41, 5.74) is 3.44. The molecule has 2 aromatic heterocycles. The minimum atomic E-state index is -0.832. The van der Waals surface area contributed by atoms with Gasteiger partial charge < -0.3 is 25.0 Å². The monoisotopic (exact) mass is 575 g/mol. The lowest BCUT2D eigenvalue weighted by Crippen LogP contribution is -2.48. The maximum Gasteiger partial charge on any atom is 0.414 e. The number of thiocarbonyl (C=S) groups is 1. The van der Waals surface area contributed by atoms with Crippen molar-refractivity contribution in [3.8, 4) is 0 Å². The zero-order valence-corrected chi connectivity index (χ0v) is 22.3. The molecule has 212 valence electrons. The predicted octanol–water partition coefficient (Wildman–Crippen LogP) is 1.39. The third-order valence-corrected chi connectivity index (χ3v) is 6.78. The van der Waals surface area contributed by atoms with Crippen molar-refractivity contribution in [1.29, 1.82) is 0 Å². The third kappa shape index (κ3) is 5.81. The molecule has 13 nitrogen and oxygen atoms in total. The van der Waals surface area contributed by atoms with Crippen molar-refractivity contribution < 1.29 is 27.8 Å². The van der Waals surface area contributed by atoms with E-state index in [0.717, 1.165) is 17.0 Å². The Labute approximate surface area is 233 Å². The second-order valence-corrected chi connectivity index (χ2v) is 9.37. The van der Waals surface area contributed by atoms with Gasteiger partial charge in [0.05, 0.1) is 39.0 Å². The number of nitrogens with one attached hydrogen (secondary N) is 3. The van der Waals surface area contributed by atoms with Crippen molar-refractivity contribution in [2.75, 3.05) is 56.2 Å². The van der Waals surface area contributed by atoms with Gasteiger partial charge in [-0.15, -0.1) is 10.2 Å². The first-order valence-electron chi connectivity index (χ1n) is 12.5. The van der Waals surface area contributed by atoms with Crippen molar-refractivity contribution in [3.05, 3.63) is 54.0 Å². The van der Waals surface area contributed by atoms with Crippen LogP contribution in [-0.4, -0.2) is 89.4 Å². The molecule has 4 heterocycles. The molecule has 2 aliphatic heterocycles. The fourth-order valence-electron chi connectivity index (χ4n) is 4.51. The number of carbonyl (C=O) groups is 2. The van der Waals surface area contributed by atoms with E-state index in [4.69, 9.17) is 21.7 Å². The Morgan fingerprint density at radius 3 is 2.77 bits per heavy atom. The second-order valence-electron chi connectivity index (χ2n) is 9.00. The van der Waals surface area contributed by atoms with Crippen molar-refractivity contribution in [3.63, 3.8) is 0 Å². The van der Waals surface area contributed by atoms with Crippen LogP contribution in [-0.2, 0) is 16.0 Å². The van der Waals surface area contributed by atoms with Crippen LogP contribution in [0.1, 0.15) is 5.82 Å². The van der Waals surface area contributed by atoms with Crippen molar-refractivity contribution >= 4 is 46.5 Å². The van der Waals surface area contributed by atoms with E-state index in [9.17, 15) is 9.59 Å². The summed E-state index contributed by atoms with van der Waals surface area (Å²) in [4.78, 5) is 27.8. The van der Waals surface area contributed by atoms with E-state index in [1.165, 1.54) is 17.0 Å². The van der Waals surface area contributed by atoms with Gasteiger partial charge in [-0.05, 0) is 24.4 Å². The summed E-state index contributed by atoms with van der Waals surface area (Å²) in [6.07, 6.45) is 0.499. The Balaban J connectivity index is 1.19. The zero-order chi connectivity index (χ0) is 28.2. The lowest BCUT2D eigenvalue weighted by molar-refractivity contribution is 0.142. The van der Waals surface area contributed by atoms with Crippen LogP contribution in [0.3, 0.4) is 0 Å². The van der Waals surface area contributed by atoms with E-state index in [1.54, 1.807) is 16.7 Å². The SMILES string of the molecule is COC(=S)NC[C@H]1CN(c2cc(F)c(N3CCNN(C(=O)NCc4nnc5ccccn45)CC3)c(F)c2)C(=O)O1. The molecule has 16 heteroatoms. The van der Waals surface area contributed by atoms with Crippen LogP contribution in [0.15, 0.2) is 36.5 Å². The average molecular weight is 576 g/mol. The smallest absolute Gasteiger partial charge is 0.414 e. The molecule has 0 bridgehead atoms. The zero-order valence-electron chi connectivity index (χ0n) is 21.5. The molecule has 0 saturated carbocycles. The van der Waals surface area contributed by atoms with Crippen LogP contribution in [0, 0.1) is 11.6 Å². The first-order valence-corrected chi connectivity index (χ1v) is 12.9. The highest BCUT2D eigenvalue weighted by Crippen LogP contribution is 2.31. The van der Waals surface area contributed by atoms with Gasteiger partial charge in [0.15, 0.2) is 23.1 Å². The Kier molecular flexibility index (Phi) is 8.06. The van der Waals surface area contributed by atoms with Crippen LogP contribution in [0.5, 0.6) is 0 Å². The summed E-state index contributed by atoms with van der Waals surface area (Å²) in [5, 5.41) is 15.2. The number of nitrogens with zero attached hydrogens (tertiary/aromatic N) is 6. The molecule has 40 heavy (non-hydrogen) atoms. The number of rotatable bonds is 6. The number of hydrogen-bond acceptors (Lipinski definition) is 9. The number of halogens is 2. The van der Waals surface area contributed by atoms with E-state index in [1.807, 2.05) is 12.1 Å². The van der Waals surface area contributed by atoms with E-state index < -0.39 is 29.9 Å². The topological polar surface area (TPSA) is 129 Å². The van der Waals surface area contributed by atoms with Gasteiger partial charge in [-0.2, -0.15) is 0 Å². The molecule has 1 aromatic carbocycles. The minimum Gasteiger partial charge on any atom is -0.474 e. The summed E-state index contributed by atoms with van der Waals surface area (Å²) >= 11 is 4.90. The highest BCUT2D eigenvalue weighted by molar-refractivity contribution is 7.80. The summed E-state index contributed by atoms with van der Waals surface area (Å²) in [5.74, 6) is -1.10. The highest BCUT2D eigenvalue weighted by atomic mass is 32.1. The number of anilines is 2. The molecule has 3 aromatic rings. The fraction of sp³-hybridized carbons (Fsp3) is 0.375. The lowest BCUT2D eigenvalue weighted by Gasteiger charge is -2.25. The van der Waals surface area contributed by atoms with E-state index in [0.29, 0.717) is 11.5 Å². The predicted molar refractivity (Wildman–Crippen MR) is 144 cm³/mol. The van der Waals surface area contributed by atoms with Gasteiger partial charge in [0.2, 0.25) is 0 Å². The number of ether oxygens (including phenoxy) is 2. The van der Waals surface area contributed by atoms with E-state index >= 15 is 8.78 Å². The van der Waals surface area contributed by atoms with E-state index in [2.05, 4.69) is 26.3 Å². The molecular formula is C24H27F2N9O4S. The normalized spacial score (nSPS) is 17.5. The number of amides is 3. The van der Waals surface area contributed by atoms with Crippen molar-refractivity contribution in [1.82, 2.24) is 35.7 Å². The number of methoxy groups -OCH3 is 1. The van der Waals surface area contributed by atoms with Gasteiger partial charge in [-0.1, -0.05) is 6.07 Å². The largest absolute Gasteiger partial charge is 0.474 e. The van der Waals surface area contributed by atoms with Crippen LogP contribution in [0.25, 0.3) is 5.65 Å². The average Bonchev–Trinajstić information content (AvgIpc) is 3.44. The van der Waals surface area contributed by atoms with Gasteiger partial charge in [0.25, 0.3) is 5.17 Å². The Bertz CT molecular complexity index is 1400. The number of hydrogen-bond donors (Lipinski definition) is 3. The number of cyclic esters (lactones) is 1. The van der Waals surface area contributed by atoms with E-state index in [-0.39, 0.29) is 62.4 Å².